The van der Waals surface area contributed by atoms with Crippen LogP contribution >= 0.6 is 0 Å². The van der Waals surface area contributed by atoms with Gasteiger partial charge in [-0.15, -0.1) is 0 Å². The molecule has 0 saturated carbocycles. The average Bonchev–Trinajstić information content (AvgIpc) is 2.73. The van der Waals surface area contributed by atoms with E-state index in [1.54, 1.807) is 10.6 Å². The van der Waals surface area contributed by atoms with Gasteiger partial charge in [-0.2, -0.15) is 0 Å². The molecule has 1 aliphatic rings. The maximum absolute atomic E-state index is 11.4. The number of hydrogen-bond acceptors (Lipinski definition) is 3. The van der Waals surface area contributed by atoms with E-state index in [1.807, 2.05) is 19.2 Å². The minimum atomic E-state index is 0.0470. The van der Waals surface area contributed by atoms with Gasteiger partial charge in [-0.3, -0.25) is 4.79 Å². The van der Waals surface area contributed by atoms with Gasteiger partial charge in [-0.1, -0.05) is 0 Å². The lowest BCUT2D eigenvalue weighted by molar-refractivity contribution is 0.195. The Labute approximate surface area is 88.9 Å². The van der Waals surface area contributed by atoms with E-state index in [1.165, 1.54) is 0 Å². The zero-order valence-electron chi connectivity index (χ0n) is 8.90. The lowest BCUT2D eigenvalue weighted by Crippen LogP contribution is -2.22. The molecule has 82 valence electrons. The molecule has 0 radical (unpaired) electrons. The van der Waals surface area contributed by atoms with Crippen molar-refractivity contribution < 1.29 is 4.74 Å². The number of nitrogens with one attached hydrogen (secondary N) is 1. The second-order valence-electron chi connectivity index (χ2n) is 3.75. The van der Waals surface area contributed by atoms with Crippen molar-refractivity contribution in [1.29, 1.82) is 0 Å². The Morgan fingerprint density at radius 2 is 2.47 bits per heavy atom. The van der Waals surface area contributed by atoms with Crippen LogP contribution in [0.5, 0.6) is 0 Å². The molecule has 0 aromatic carbocycles. The van der Waals surface area contributed by atoms with Gasteiger partial charge in [-0.05, 0) is 19.4 Å². The summed E-state index contributed by atoms with van der Waals surface area (Å²) in [6.45, 7) is 4.25. The van der Waals surface area contributed by atoms with E-state index in [2.05, 4.69) is 5.32 Å². The van der Waals surface area contributed by atoms with Crippen LogP contribution in [0.25, 0.3) is 0 Å². The van der Waals surface area contributed by atoms with Crippen molar-refractivity contribution >= 4 is 5.69 Å². The van der Waals surface area contributed by atoms with Crippen LogP contribution in [0, 0.1) is 0 Å². The van der Waals surface area contributed by atoms with Gasteiger partial charge in [-0.25, -0.2) is 0 Å². The maximum atomic E-state index is 11.4. The molecule has 0 bridgehead atoms. The molecular weight excluding hydrogens is 192 g/mol. The first-order chi connectivity index (χ1) is 7.29. The van der Waals surface area contributed by atoms with E-state index in [9.17, 15) is 4.79 Å². The van der Waals surface area contributed by atoms with Crippen molar-refractivity contribution in [2.75, 3.05) is 18.5 Å². The average molecular weight is 208 g/mol. The van der Waals surface area contributed by atoms with Crippen LogP contribution < -0.4 is 10.9 Å². The highest BCUT2D eigenvalue weighted by Gasteiger charge is 2.14. The molecule has 1 aromatic rings. The lowest BCUT2D eigenvalue weighted by atomic mass is 10.2. The summed E-state index contributed by atoms with van der Waals surface area (Å²) < 4.78 is 6.97. The molecule has 4 nitrogen and oxygen atoms in total. The Kier molecular flexibility index (Phi) is 3.06. The minimum Gasteiger partial charge on any atom is -0.379 e. The summed E-state index contributed by atoms with van der Waals surface area (Å²) in [5.41, 5.74) is 1.04. The summed E-state index contributed by atoms with van der Waals surface area (Å²) in [5.74, 6) is 0. The third-order valence-corrected chi connectivity index (χ3v) is 2.62. The number of aromatic nitrogens is 1. The molecule has 15 heavy (non-hydrogen) atoms. The Hall–Kier alpha value is -1.29. The Bertz CT molecular complexity index is 380. The van der Waals surface area contributed by atoms with Crippen molar-refractivity contribution in [2.45, 2.75) is 25.9 Å². The quantitative estimate of drug-likeness (QED) is 0.808. The molecule has 1 aromatic heterocycles. The Balaban J connectivity index is 2.11. The predicted octanol–water partition coefficient (Wildman–Crippen LogP) is 1.07. The molecule has 1 fully saturated rings. The van der Waals surface area contributed by atoms with Crippen LogP contribution in [0.15, 0.2) is 23.1 Å². The fourth-order valence-corrected chi connectivity index (χ4v) is 1.75. The second-order valence-corrected chi connectivity index (χ2v) is 3.75. The highest BCUT2D eigenvalue weighted by molar-refractivity contribution is 5.41. The number of anilines is 1. The minimum absolute atomic E-state index is 0.0470. The van der Waals surface area contributed by atoms with Crippen LogP contribution in [0.1, 0.15) is 13.3 Å². The van der Waals surface area contributed by atoms with Crippen molar-refractivity contribution in [2.24, 2.45) is 0 Å². The molecule has 0 amide bonds. The summed E-state index contributed by atoms with van der Waals surface area (Å²) in [6.07, 6.45) is 2.89. The molecule has 4 heteroatoms. The van der Waals surface area contributed by atoms with Crippen molar-refractivity contribution in [3.8, 4) is 0 Å². The van der Waals surface area contributed by atoms with Crippen LogP contribution in [0.3, 0.4) is 0 Å². The van der Waals surface area contributed by atoms with Crippen LogP contribution in [-0.2, 0) is 11.3 Å². The van der Waals surface area contributed by atoms with Gasteiger partial charge in [0.25, 0.3) is 5.56 Å². The molecule has 1 atom stereocenters. The van der Waals surface area contributed by atoms with E-state index in [4.69, 9.17) is 4.74 Å². The van der Waals surface area contributed by atoms with E-state index in [0.717, 1.165) is 25.3 Å². The van der Waals surface area contributed by atoms with Crippen molar-refractivity contribution in [3.05, 3.63) is 28.7 Å². The van der Waals surface area contributed by atoms with Crippen molar-refractivity contribution in [3.63, 3.8) is 0 Å². The summed E-state index contributed by atoms with van der Waals surface area (Å²) in [6, 6.07) is 3.81. The molecule has 1 unspecified atom stereocenters. The SMILES string of the molecule is CCn1cc(NC2CCOC2)ccc1=O. The van der Waals surface area contributed by atoms with E-state index >= 15 is 0 Å². The van der Waals surface area contributed by atoms with Crippen LogP contribution in [0.4, 0.5) is 5.69 Å². The van der Waals surface area contributed by atoms with Gasteiger partial charge in [0.1, 0.15) is 0 Å². The van der Waals surface area contributed by atoms with E-state index in [0.29, 0.717) is 12.6 Å². The maximum Gasteiger partial charge on any atom is 0.250 e. The first-order valence-electron chi connectivity index (χ1n) is 5.34. The first-order valence-corrected chi connectivity index (χ1v) is 5.34. The summed E-state index contributed by atoms with van der Waals surface area (Å²) in [5, 5.41) is 3.36. The molecular formula is C11H16N2O2. The Morgan fingerprint density at radius 1 is 1.60 bits per heavy atom. The number of hydrogen-bond donors (Lipinski definition) is 1. The zero-order valence-corrected chi connectivity index (χ0v) is 8.90. The summed E-state index contributed by atoms with van der Waals surface area (Å²) >= 11 is 0. The van der Waals surface area contributed by atoms with Crippen LogP contribution in [-0.4, -0.2) is 23.8 Å². The van der Waals surface area contributed by atoms with E-state index < -0.39 is 0 Å². The van der Waals surface area contributed by atoms with Gasteiger partial charge in [0.15, 0.2) is 0 Å². The fraction of sp³-hybridized carbons (Fsp3) is 0.545. The van der Waals surface area contributed by atoms with Gasteiger partial charge < -0.3 is 14.6 Å². The number of aryl methyl sites for hydroxylation is 1. The third kappa shape index (κ3) is 2.39. The second kappa shape index (κ2) is 4.49. The topological polar surface area (TPSA) is 43.3 Å². The monoisotopic (exact) mass is 208 g/mol. The molecule has 1 N–H and O–H groups in total. The normalized spacial score (nSPS) is 20.5. The fourth-order valence-electron chi connectivity index (χ4n) is 1.75. The highest BCUT2D eigenvalue weighted by atomic mass is 16.5. The van der Waals surface area contributed by atoms with Gasteiger partial charge in [0.2, 0.25) is 0 Å². The zero-order chi connectivity index (χ0) is 10.7. The number of nitrogens with zero attached hydrogens (tertiary/aromatic N) is 1. The first kappa shape index (κ1) is 10.2. The van der Waals surface area contributed by atoms with Crippen molar-refractivity contribution in [1.82, 2.24) is 4.57 Å². The van der Waals surface area contributed by atoms with Crippen LogP contribution in [0.2, 0.25) is 0 Å². The number of ether oxygens (including phenoxy) is 1. The largest absolute Gasteiger partial charge is 0.379 e. The van der Waals surface area contributed by atoms with Gasteiger partial charge in [0.05, 0.1) is 18.3 Å². The molecule has 1 aliphatic heterocycles. The smallest absolute Gasteiger partial charge is 0.250 e. The van der Waals surface area contributed by atoms with Gasteiger partial charge >= 0.3 is 0 Å². The third-order valence-electron chi connectivity index (χ3n) is 2.62. The Morgan fingerprint density at radius 3 is 3.13 bits per heavy atom. The predicted molar refractivity (Wildman–Crippen MR) is 59.2 cm³/mol. The molecule has 2 heterocycles. The van der Waals surface area contributed by atoms with E-state index in [-0.39, 0.29) is 5.56 Å². The molecule has 0 spiro atoms. The number of pyridine rings is 1. The lowest BCUT2D eigenvalue weighted by Gasteiger charge is -2.13. The summed E-state index contributed by atoms with van der Waals surface area (Å²) in [7, 11) is 0. The summed E-state index contributed by atoms with van der Waals surface area (Å²) in [4.78, 5) is 11.4. The molecule has 2 rings (SSSR count). The molecule has 0 aliphatic carbocycles. The standard InChI is InChI=1S/C11H16N2O2/c1-2-13-7-9(3-4-11(13)14)12-10-5-6-15-8-10/h3-4,7,10,12H,2,5-6,8H2,1H3. The van der Waals surface area contributed by atoms with Gasteiger partial charge in [0, 0.05) is 25.4 Å². The highest BCUT2D eigenvalue weighted by Crippen LogP contribution is 2.11. The molecule has 1 saturated heterocycles. The number of rotatable bonds is 3.